The molecule has 0 bridgehead atoms. The van der Waals surface area contributed by atoms with Gasteiger partial charge in [-0.3, -0.25) is 0 Å². The molecule has 0 aliphatic carbocycles. The van der Waals surface area contributed by atoms with E-state index < -0.39 is 24.3 Å². The maximum Gasteiger partial charge on any atom is 0.480 e. The number of benzene rings is 1. The predicted octanol–water partition coefficient (Wildman–Crippen LogP) is 3.62. The molecular formula is C13H18BCl2NO2. The number of nitrogens with two attached hydrogens (primary N) is 1. The Kier molecular flexibility index (Phi) is 3.93. The molecule has 1 aromatic rings. The molecule has 2 rings (SSSR count). The molecule has 1 fully saturated rings. The number of hydrogen-bond acceptors (Lipinski definition) is 3. The molecule has 104 valence electrons. The molecule has 1 aliphatic rings. The van der Waals surface area contributed by atoms with Crippen molar-refractivity contribution in [3.05, 3.63) is 33.8 Å². The molecule has 3 nitrogen and oxygen atoms in total. The van der Waals surface area contributed by atoms with E-state index in [-0.39, 0.29) is 0 Å². The van der Waals surface area contributed by atoms with Gasteiger partial charge in [-0.25, -0.2) is 0 Å². The van der Waals surface area contributed by atoms with Crippen molar-refractivity contribution in [2.45, 2.75) is 44.8 Å². The zero-order valence-electron chi connectivity index (χ0n) is 11.5. The molecule has 1 atom stereocenters. The average Bonchev–Trinajstić information content (AvgIpc) is 2.51. The largest absolute Gasteiger partial charge is 0.480 e. The van der Waals surface area contributed by atoms with Crippen molar-refractivity contribution in [3.8, 4) is 0 Å². The van der Waals surface area contributed by atoms with Gasteiger partial charge in [-0.05, 0) is 39.3 Å². The van der Waals surface area contributed by atoms with E-state index in [1.807, 2.05) is 39.8 Å². The highest BCUT2D eigenvalue weighted by Crippen LogP contribution is 2.41. The Morgan fingerprint density at radius 1 is 1.11 bits per heavy atom. The first kappa shape index (κ1) is 15.1. The Balaban J connectivity index is 2.27. The third kappa shape index (κ3) is 2.65. The van der Waals surface area contributed by atoms with Gasteiger partial charge in [0.1, 0.15) is 0 Å². The van der Waals surface area contributed by atoms with E-state index in [4.69, 9.17) is 38.2 Å². The minimum atomic E-state index is -0.541. The summed E-state index contributed by atoms with van der Waals surface area (Å²) in [4.78, 5) is 0. The molecule has 6 heteroatoms. The Morgan fingerprint density at radius 3 is 2.16 bits per heavy atom. The Labute approximate surface area is 124 Å². The SMILES string of the molecule is CC1(C)OB([C@@H](N)c2cccc(Cl)c2Cl)OC1(C)C. The van der Waals surface area contributed by atoms with Crippen LogP contribution in [0.15, 0.2) is 18.2 Å². The highest BCUT2D eigenvalue weighted by atomic mass is 35.5. The molecule has 0 aromatic heterocycles. The lowest BCUT2D eigenvalue weighted by atomic mass is 9.75. The molecule has 19 heavy (non-hydrogen) atoms. The van der Waals surface area contributed by atoms with Gasteiger partial charge in [0, 0.05) is 0 Å². The minimum absolute atomic E-state index is 0.416. The molecule has 1 aliphatic heterocycles. The standard InChI is InChI=1S/C13H18BCl2NO2/c1-12(2)13(3,4)19-14(18-12)11(17)8-6-5-7-9(15)10(8)16/h5-7,11H,17H2,1-4H3/t11-/m0/s1. The van der Waals surface area contributed by atoms with Crippen LogP contribution in [0.5, 0.6) is 0 Å². The lowest BCUT2D eigenvalue weighted by Crippen LogP contribution is -2.41. The van der Waals surface area contributed by atoms with Gasteiger partial charge in [0.05, 0.1) is 27.2 Å². The first-order valence-electron chi connectivity index (χ1n) is 6.21. The summed E-state index contributed by atoms with van der Waals surface area (Å²) in [6.45, 7) is 7.94. The molecule has 1 aromatic carbocycles. The van der Waals surface area contributed by atoms with Gasteiger partial charge < -0.3 is 15.0 Å². The van der Waals surface area contributed by atoms with Crippen molar-refractivity contribution < 1.29 is 9.31 Å². The second-order valence-corrected chi connectivity index (χ2v) is 6.58. The topological polar surface area (TPSA) is 44.5 Å². The zero-order chi connectivity index (χ0) is 14.4. The smallest absolute Gasteiger partial charge is 0.402 e. The molecule has 0 saturated carbocycles. The van der Waals surface area contributed by atoms with Crippen molar-refractivity contribution in [1.29, 1.82) is 0 Å². The molecule has 0 spiro atoms. The minimum Gasteiger partial charge on any atom is -0.402 e. The van der Waals surface area contributed by atoms with Crippen molar-refractivity contribution in [3.63, 3.8) is 0 Å². The second-order valence-electron chi connectivity index (χ2n) is 5.79. The summed E-state index contributed by atoms with van der Waals surface area (Å²) < 4.78 is 11.9. The number of rotatable bonds is 2. The molecule has 1 heterocycles. The van der Waals surface area contributed by atoms with Gasteiger partial charge in [0.25, 0.3) is 0 Å². The van der Waals surface area contributed by atoms with Crippen LogP contribution in [0.2, 0.25) is 10.0 Å². The summed E-state index contributed by atoms with van der Waals surface area (Å²) in [6, 6.07) is 5.38. The third-order valence-corrected chi connectivity index (χ3v) is 4.74. The molecular weight excluding hydrogens is 284 g/mol. The predicted molar refractivity (Wildman–Crippen MR) is 79.5 cm³/mol. The summed E-state index contributed by atoms with van der Waals surface area (Å²) in [5, 5.41) is 0.928. The van der Waals surface area contributed by atoms with Crippen LogP contribution in [0.25, 0.3) is 0 Å². The first-order chi connectivity index (χ1) is 8.66. The third-order valence-electron chi connectivity index (χ3n) is 3.91. The number of hydrogen-bond donors (Lipinski definition) is 1. The maximum absolute atomic E-state index is 6.22. The molecule has 1 saturated heterocycles. The Bertz CT molecular complexity index is 478. The highest BCUT2D eigenvalue weighted by molar-refractivity contribution is 6.49. The van der Waals surface area contributed by atoms with Crippen LogP contribution in [0, 0.1) is 0 Å². The van der Waals surface area contributed by atoms with Crippen LogP contribution in [0.3, 0.4) is 0 Å². The summed E-state index contributed by atoms with van der Waals surface area (Å²) in [7, 11) is -0.541. The maximum atomic E-state index is 6.22. The van der Waals surface area contributed by atoms with E-state index in [1.165, 1.54) is 0 Å². The normalized spacial score (nSPS) is 22.6. The molecule has 2 N–H and O–H groups in total. The van der Waals surface area contributed by atoms with Gasteiger partial charge in [-0.1, -0.05) is 35.3 Å². The summed E-state index contributed by atoms with van der Waals surface area (Å²) in [5.74, 6) is -0.479. The van der Waals surface area contributed by atoms with Crippen molar-refractivity contribution in [2.75, 3.05) is 0 Å². The van der Waals surface area contributed by atoms with Gasteiger partial charge in [0.15, 0.2) is 0 Å². The van der Waals surface area contributed by atoms with E-state index in [0.29, 0.717) is 10.0 Å². The van der Waals surface area contributed by atoms with Gasteiger partial charge >= 0.3 is 7.12 Å². The van der Waals surface area contributed by atoms with Crippen LogP contribution in [-0.2, 0) is 9.31 Å². The lowest BCUT2D eigenvalue weighted by Gasteiger charge is -2.32. The van der Waals surface area contributed by atoms with E-state index in [9.17, 15) is 0 Å². The molecule has 0 radical (unpaired) electrons. The summed E-state index contributed by atoms with van der Waals surface area (Å²) in [6.07, 6.45) is 0. The fourth-order valence-corrected chi connectivity index (χ4v) is 2.39. The van der Waals surface area contributed by atoms with Gasteiger partial charge in [0.2, 0.25) is 0 Å². The fraction of sp³-hybridized carbons (Fsp3) is 0.538. The fourth-order valence-electron chi connectivity index (χ4n) is 1.96. The van der Waals surface area contributed by atoms with Crippen molar-refractivity contribution in [2.24, 2.45) is 5.73 Å². The zero-order valence-corrected chi connectivity index (χ0v) is 13.0. The summed E-state index contributed by atoms with van der Waals surface area (Å²) in [5.41, 5.74) is 6.12. The van der Waals surface area contributed by atoms with E-state index >= 15 is 0 Å². The number of halogens is 2. The van der Waals surface area contributed by atoms with Crippen LogP contribution in [0.1, 0.15) is 39.2 Å². The Hall–Kier alpha value is -0.255. The van der Waals surface area contributed by atoms with Crippen LogP contribution >= 0.6 is 23.2 Å². The Morgan fingerprint density at radius 2 is 1.63 bits per heavy atom. The van der Waals surface area contributed by atoms with Crippen molar-refractivity contribution >= 4 is 30.3 Å². The van der Waals surface area contributed by atoms with E-state index in [2.05, 4.69) is 0 Å². The molecule has 0 unspecified atom stereocenters. The quantitative estimate of drug-likeness (QED) is 0.849. The van der Waals surface area contributed by atoms with Crippen LogP contribution in [0.4, 0.5) is 0 Å². The molecule has 0 amide bonds. The van der Waals surface area contributed by atoms with Crippen molar-refractivity contribution in [1.82, 2.24) is 0 Å². The monoisotopic (exact) mass is 301 g/mol. The summed E-state index contributed by atoms with van der Waals surface area (Å²) >= 11 is 12.2. The van der Waals surface area contributed by atoms with Crippen LogP contribution < -0.4 is 5.73 Å². The second kappa shape index (κ2) is 4.94. The van der Waals surface area contributed by atoms with Gasteiger partial charge in [-0.2, -0.15) is 0 Å². The lowest BCUT2D eigenvalue weighted by molar-refractivity contribution is 0.00578. The van der Waals surface area contributed by atoms with Gasteiger partial charge in [-0.15, -0.1) is 0 Å². The first-order valence-corrected chi connectivity index (χ1v) is 6.96. The van der Waals surface area contributed by atoms with Crippen LogP contribution in [-0.4, -0.2) is 18.3 Å². The highest BCUT2D eigenvalue weighted by Gasteiger charge is 2.53. The van der Waals surface area contributed by atoms with E-state index in [0.717, 1.165) is 5.56 Å². The average molecular weight is 302 g/mol. The van der Waals surface area contributed by atoms with E-state index in [1.54, 1.807) is 6.07 Å².